The molecule has 0 saturated carbocycles. The van der Waals surface area contributed by atoms with Crippen LogP contribution in [0.3, 0.4) is 0 Å². The Morgan fingerprint density at radius 3 is 2.67 bits per heavy atom. The van der Waals surface area contributed by atoms with Crippen molar-refractivity contribution >= 4 is 0 Å². The van der Waals surface area contributed by atoms with Gasteiger partial charge in [0.15, 0.2) is 0 Å². The Morgan fingerprint density at radius 2 is 2.17 bits per heavy atom. The Hall–Kier alpha value is -0.510. The first-order chi connectivity index (χ1) is 5.54. The lowest BCUT2D eigenvalue weighted by Crippen LogP contribution is -2.26. The van der Waals surface area contributed by atoms with E-state index in [0.29, 0.717) is 6.42 Å². The predicted octanol–water partition coefficient (Wildman–Crippen LogP) is 2.23. The minimum Gasteiger partial charge on any atom is -0.327 e. The second kappa shape index (κ2) is 3.47. The molecule has 0 aromatic heterocycles. The maximum absolute atomic E-state index is 12.2. The van der Waals surface area contributed by atoms with E-state index in [1.165, 1.54) is 0 Å². The third-order valence-electron chi connectivity index (χ3n) is 2.18. The van der Waals surface area contributed by atoms with Crippen LogP contribution in [0.5, 0.6) is 0 Å². The highest BCUT2D eigenvalue weighted by Crippen LogP contribution is 2.36. The maximum atomic E-state index is 12.2. The Labute approximate surface area is 69.4 Å². The first kappa shape index (κ1) is 9.58. The van der Waals surface area contributed by atoms with Crippen LogP contribution >= 0.6 is 0 Å². The molecule has 0 amide bonds. The minimum atomic E-state index is -4.05. The van der Waals surface area contributed by atoms with Crippen molar-refractivity contribution in [3.05, 3.63) is 11.6 Å². The van der Waals surface area contributed by atoms with E-state index in [1.54, 1.807) is 0 Å². The molecule has 1 aliphatic carbocycles. The van der Waals surface area contributed by atoms with Crippen LogP contribution in [0.25, 0.3) is 0 Å². The Morgan fingerprint density at radius 1 is 1.50 bits per heavy atom. The molecule has 0 saturated heterocycles. The van der Waals surface area contributed by atoms with E-state index in [4.69, 9.17) is 5.73 Å². The van der Waals surface area contributed by atoms with Crippen molar-refractivity contribution in [2.24, 2.45) is 11.7 Å². The van der Waals surface area contributed by atoms with E-state index >= 15 is 0 Å². The van der Waals surface area contributed by atoms with Crippen LogP contribution in [-0.2, 0) is 0 Å². The van der Waals surface area contributed by atoms with Gasteiger partial charge in [0, 0.05) is 6.54 Å². The number of rotatable bonds is 1. The van der Waals surface area contributed by atoms with Crippen molar-refractivity contribution in [1.29, 1.82) is 0 Å². The summed E-state index contributed by atoms with van der Waals surface area (Å²) in [6.45, 7) is 0.257. The van der Waals surface area contributed by atoms with Crippen molar-refractivity contribution in [2.45, 2.75) is 25.4 Å². The van der Waals surface area contributed by atoms with E-state index in [0.717, 1.165) is 5.57 Å². The summed E-state index contributed by atoms with van der Waals surface area (Å²) in [7, 11) is 0. The van der Waals surface area contributed by atoms with Gasteiger partial charge in [-0.1, -0.05) is 11.6 Å². The molecular weight excluding hydrogens is 167 g/mol. The predicted molar refractivity (Wildman–Crippen MR) is 40.5 cm³/mol. The fourth-order valence-corrected chi connectivity index (χ4v) is 1.44. The second-order valence-corrected chi connectivity index (χ2v) is 3.09. The molecule has 0 aliphatic heterocycles. The lowest BCUT2D eigenvalue weighted by atomic mass is 9.88. The zero-order valence-electron chi connectivity index (χ0n) is 6.69. The van der Waals surface area contributed by atoms with Gasteiger partial charge in [-0.3, -0.25) is 0 Å². The third-order valence-corrected chi connectivity index (χ3v) is 2.18. The first-order valence-corrected chi connectivity index (χ1v) is 3.98. The van der Waals surface area contributed by atoms with Gasteiger partial charge < -0.3 is 5.73 Å². The topological polar surface area (TPSA) is 26.0 Å². The molecule has 4 heteroatoms. The third kappa shape index (κ3) is 2.24. The van der Waals surface area contributed by atoms with E-state index in [-0.39, 0.29) is 19.4 Å². The van der Waals surface area contributed by atoms with E-state index in [2.05, 4.69) is 0 Å². The lowest BCUT2D eigenvalue weighted by molar-refractivity contribution is -0.176. The summed E-state index contributed by atoms with van der Waals surface area (Å²) in [6, 6.07) is 0. The van der Waals surface area contributed by atoms with Crippen LogP contribution in [0.2, 0.25) is 0 Å². The first-order valence-electron chi connectivity index (χ1n) is 3.98. The summed E-state index contributed by atoms with van der Waals surface area (Å²) in [6.07, 6.45) is -1.40. The highest BCUT2D eigenvalue weighted by molar-refractivity contribution is 5.08. The fraction of sp³-hybridized carbons (Fsp3) is 0.750. The average Bonchev–Trinajstić information content (AvgIpc) is 2.03. The van der Waals surface area contributed by atoms with Gasteiger partial charge in [0.05, 0.1) is 5.92 Å². The quantitative estimate of drug-likeness (QED) is 0.614. The van der Waals surface area contributed by atoms with Crippen LogP contribution < -0.4 is 5.73 Å². The molecule has 1 nitrogen and oxygen atoms in total. The van der Waals surface area contributed by atoms with Gasteiger partial charge in [-0.15, -0.1) is 0 Å². The normalized spacial score (nSPS) is 25.3. The highest BCUT2D eigenvalue weighted by atomic mass is 19.4. The molecule has 1 aliphatic rings. The van der Waals surface area contributed by atoms with Gasteiger partial charge in [0.25, 0.3) is 0 Å². The van der Waals surface area contributed by atoms with E-state index < -0.39 is 12.1 Å². The van der Waals surface area contributed by atoms with Crippen molar-refractivity contribution in [3.8, 4) is 0 Å². The zero-order chi connectivity index (χ0) is 9.19. The summed E-state index contributed by atoms with van der Waals surface area (Å²) < 4.78 is 36.5. The molecule has 0 aromatic carbocycles. The number of alkyl halides is 3. The monoisotopic (exact) mass is 179 g/mol. The lowest BCUT2D eigenvalue weighted by Gasteiger charge is -2.24. The second-order valence-electron chi connectivity index (χ2n) is 3.09. The zero-order valence-corrected chi connectivity index (χ0v) is 6.69. The maximum Gasteiger partial charge on any atom is 0.392 e. The van der Waals surface area contributed by atoms with Crippen molar-refractivity contribution < 1.29 is 13.2 Å². The van der Waals surface area contributed by atoms with E-state index in [9.17, 15) is 13.2 Å². The van der Waals surface area contributed by atoms with Gasteiger partial charge >= 0.3 is 6.18 Å². The van der Waals surface area contributed by atoms with Gasteiger partial charge in [-0.2, -0.15) is 13.2 Å². The minimum absolute atomic E-state index is 0.0972. The molecule has 1 unspecified atom stereocenters. The van der Waals surface area contributed by atoms with Gasteiger partial charge in [0.1, 0.15) is 0 Å². The molecule has 0 heterocycles. The Bertz CT molecular complexity index is 183. The fourth-order valence-electron chi connectivity index (χ4n) is 1.44. The SMILES string of the molecule is NCC1=CCCC(C(F)(F)F)C1. The smallest absolute Gasteiger partial charge is 0.327 e. The molecule has 2 N–H and O–H groups in total. The largest absolute Gasteiger partial charge is 0.392 e. The molecule has 1 rings (SSSR count). The molecule has 0 spiro atoms. The van der Waals surface area contributed by atoms with Crippen LogP contribution in [-0.4, -0.2) is 12.7 Å². The summed E-state index contributed by atoms with van der Waals surface area (Å²) in [5.41, 5.74) is 6.01. The molecule has 0 aromatic rings. The van der Waals surface area contributed by atoms with Crippen LogP contribution in [0.15, 0.2) is 11.6 Å². The van der Waals surface area contributed by atoms with Gasteiger partial charge in [-0.25, -0.2) is 0 Å². The molecule has 1 atom stereocenters. The Balaban J connectivity index is 2.57. The molecular formula is C8H12F3N. The molecule has 12 heavy (non-hydrogen) atoms. The molecule has 0 radical (unpaired) electrons. The number of hydrogen-bond acceptors (Lipinski definition) is 1. The molecule has 0 bridgehead atoms. The van der Waals surface area contributed by atoms with Crippen molar-refractivity contribution in [3.63, 3.8) is 0 Å². The summed E-state index contributed by atoms with van der Waals surface area (Å²) in [5.74, 6) is -1.17. The van der Waals surface area contributed by atoms with Crippen LogP contribution in [0, 0.1) is 5.92 Å². The van der Waals surface area contributed by atoms with E-state index in [1.807, 2.05) is 6.08 Å². The molecule has 0 fully saturated rings. The van der Waals surface area contributed by atoms with Crippen molar-refractivity contribution in [1.82, 2.24) is 0 Å². The average molecular weight is 179 g/mol. The summed E-state index contributed by atoms with van der Waals surface area (Å²) >= 11 is 0. The summed E-state index contributed by atoms with van der Waals surface area (Å²) in [4.78, 5) is 0. The number of nitrogens with two attached hydrogens (primary N) is 1. The van der Waals surface area contributed by atoms with Gasteiger partial charge in [-0.05, 0) is 19.3 Å². The Kier molecular flexibility index (Phi) is 2.77. The van der Waals surface area contributed by atoms with Crippen LogP contribution in [0.4, 0.5) is 13.2 Å². The van der Waals surface area contributed by atoms with Gasteiger partial charge in [0.2, 0.25) is 0 Å². The highest BCUT2D eigenvalue weighted by Gasteiger charge is 2.39. The standard InChI is InChI=1S/C8H12F3N/c9-8(10,11)7-3-1-2-6(4-7)5-12/h2,7H,1,3-5,12H2. The molecule has 70 valence electrons. The number of allylic oxidation sites excluding steroid dienone is 1. The van der Waals surface area contributed by atoms with Crippen LogP contribution in [0.1, 0.15) is 19.3 Å². The number of halogens is 3. The van der Waals surface area contributed by atoms with Crippen molar-refractivity contribution in [2.75, 3.05) is 6.54 Å². The summed E-state index contributed by atoms with van der Waals surface area (Å²) in [5, 5.41) is 0. The number of hydrogen-bond donors (Lipinski definition) is 1.